The smallest absolute Gasteiger partial charge is 0.144 e. The molecule has 68 valence electrons. The summed E-state index contributed by atoms with van der Waals surface area (Å²) >= 11 is 5.62. The van der Waals surface area contributed by atoms with Gasteiger partial charge < -0.3 is 4.57 Å². The quantitative estimate of drug-likeness (QED) is 0.689. The van der Waals surface area contributed by atoms with Crippen molar-refractivity contribution in [2.45, 2.75) is 13.5 Å². The molecule has 0 bridgehead atoms. The zero-order valence-electron chi connectivity index (χ0n) is 7.09. The van der Waals surface area contributed by atoms with E-state index in [1.165, 1.54) is 6.07 Å². The molecule has 0 aliphatic rings. The van der Waals surface area contributed by atoms with Gasteiger partial charge in [-0.2, -0.15) is 0 Å². The summed E-state index contributed by atoms with van der Waals surface area (Å²) in [4.78, 5) is 4.10. The van der Waals surface area contributed by atoms with E-state index >= 15 is 0 Å². The fourth-order valence-corrected chi connectivity index (χ4v) is 1.46. The van der Waals surface area contributed by atoms with Crippen LogP contribution in [0.15, 0.2) is 18.5 Å². The highest BCUT2D eigenvalue weighted by molar-refractivity contribution is 6.31. The summed E-state index contributed by atoms with van der Waals surface area (Å²) in [6, 6.07) is 2.95. The number of rotatable bonds is 1. The van der Waals surface area contributed by atoms with Crippen molar-refractivity contribution in [3.8, 4) is 0 Å². The van der Waals surface area contributed by atoms with Gasteiger partial charge in [-0.15, -0.1) is 0 Å². The molecule has 2 aromatic rings. The van der Waals surface area contributed by atoms with Gasteiger partial charge in [0.25, 0.3) is 0 Å². The van der Waals surface area contributed by atoms with E-state index in [0.717, 1.165) is 17.6 Å². The molecule has 0 saturated carbocycles. The highest BCUT2D eigenvalue weighted by Crippen LogP contribution is 2.21. The van der Waals surface area contributed by atoms with Crippen molar-refractivity contribution in [3.63, 3.8) is 0 Å². The first-order chi connectivity index (χ1) is 6.22. The van der Waals surface area contributed by atoms with Crippen LogP contribution in [0.3, 0.4) is 0 Å². The van der Waals surface area contributed by atoms with Gasteiger partial charge in [0.05, 0.1) is 22.4 Å². The van der Waals surface area contributed by atoms with E-state index in [0.29, 0.717) is 0 Å². The third kappa shape index (κ3) is 1.29. The molecule has 2 nitrogen and oxygen atoms in total. The largest absolute Gasteiger partial charge is 0.331 e. The maximum atomic E-state index is 13.1. The molecule has 4 heteroatoms. The summed E-state index contributed by atoms with van der Waals surface area (Å²) in [6.07, 6.45) is 1.68. The van der Waals surface area contributed by atoms with Crippen LogP contribution in [0.25, 0.3) is 11.0 Å². The number of hydrogen-bond donors (Lipinski definition) is 0. The van der Waals surface area contributed by atoms with Crippen LogP contribution in [0.5, 0.6) is 0 Å². The van der Waals surface area contributed by atoms with Gasteiger partial charge in [0.1, 0.15) is 5.82 Å². The van der Waals surface area contributed by atoms with Gasteiger partial charge in [-0.3, -0.25) is 0 Å². The molecule has 1 aromatic heterocycles. The van der Waals surface area contributed by atoms with Crippen LogP contribution in [0.4, 0.5) is 4.39 Å². The van der Waals surface area contributed by atoms with Crippen molar-refractivity contribution < 1.29 is 4.39 Å². The van der Waals surface area contributed by atoms with Crippen molar-refractivity contribution >= 4 is 22.6 Å². The molecular weight excluding hydrogens is 191 g/mol. The Bertz CT molecular complexity index is 450. The van der Waals surface area contributed by atoms with E-state index in [1.54, 1.807) is 12.4 Å². The molecule has 0 unspecified atom stereocenters. The van der Waals surface area contributed by atoms with Crippen LogP contribution >= 0.6 is 11.6 Å². The number of aromatic nitrogens is 2. The van der Waals surface area contributed by atoms with Crippen LogP contribution in [-0.2, 0) is 6.54 Å². The van der Waals surface area contributed by atoms with Gasteiger partial charge in [0.2, 0.25) is 0 Å². The minimum Gasteiger partial charge on any atom is -0.331 e. The molecular formula is C9H8ClFN2. The second-order valence-corrected chi connectivity index (χ2v) is 3.19. The summed E-state index contributed by atoms with van der Waals surface area (Å²) in [5.74, 6) is -0.399. The second kappa shape index (κ2) is 3.00. The lowest BCUT2D eigenvalue weighted by Gasteiger charge is -1.99. The van der Waals surface area contributed by atoms with E-state index < -0.39 is 5.82 Å². The minimum atomic E-state index is -0.399. The molecule has 0 spiro atoms. The van der Waals surface area contributed by atoms with E-state index in [-0.39, 0.29) is 5.02 Å². The summed E-state index contributed by atoms with van der Waals surface area (Å²) in [5, 5.41) is 0.119. The standard InChI is InChI=1S/C9H8ClFN2/c1-2-13-5-12-8-3-6(10)7(11)4-9(8)13/h3-5H,2H2,1H3. The number of halogens is 2. The number of aryl methyl sites for hydroxylation is 1. The summed E-state index contributed by atoms with van der Waals surface area (Å²) in [6.45, 7) is 2.76. The Labute approximate surface area is 80.0 Å². The molecule has 1 aromatic carbocycles. The third-order valence-electron chi connectivity index (χ3n) is 2.00. The van der Waals surface area contributed by atoms with Crippen molar-refractivity contribution in [3.05, 3.63) is 29.3 Å². The number of hydrogen-bond acceptors (Lipinski definition) is 1. The lowest BCUT2D eigenvalue weighted by atomic mass is 10.3. The first-order valence-electron chi connectivity index (χ1n) is 4.02. The Morgan fingerprint density at radius 3 is 3.00 bits per heavy atom. The Morgan fingerprint density at radius 2 is 2.31 bits per heavy atom. The van der Waals surface area contributed by atoms with Crippen molar-refractivity contribution in [2.75, 3.05) is 0 Å². The van der Waals surface area contributed by atoms with Gasteiger partial charge in [-0.1, -0.05) is 11.6 Å². The Kier molecular flexibility index (Phi) is 1.96. The molecule has 2 rings (SSSR count). The average molecular weight is 199 g/mol. The normalized spacial score (nSPS) is 11.0. The fourth-order valence-electron chi connectivity index (χ4n) is 1.31. The topological polar surface area (TPSA) is 17.8 Å². The van der Waals surface area contributed by atoms with Gasteiger partial charge in [-0.25, -0.2) is 9.37 Å². The van der Waals surface area contributed by atoms with Gasteiger partial charge in [0.15, 0.2) is 0 Å². The molecule has 13 heavy (non-hydrogen) atoms. The van der Waals surface area contributed by atoms with Crippen LogP contribution in [0.1, 0.15) is 6.92 Å². The maximum absolute atomic E-state index is 13.1. The summed E-state index contributed by atoms with van der Waals surface area (Å²) < 4.78 is 14.9. The zero-order chi connectivity index (χ0) is 9.42. The lowest BCUT2D eigenvalue weighted by Crippen LogP contribution is -1.91. The summed E-state index contributed by atoms with van der Waals surface area (Å²) in [5.41, 5.74) is 1.51. The number of imidazole rings is 1. The van der Waals surface area contributed by atoms with E-state index in [9.17, 15) is 4.39 Å². The molecule has 0 fully saturated rings. The van der Waals surface area contributed by atoms with Gasteiger partial charge >= 0.3 is 0 Å². The first kappa shape index (κ1) is 8.51. The van der Waals surface area contributed by atoms with Gasteiger partial charge in [-0.05, 0) is 13.0 Å². The highest BCUT2D eigenvalue weighted by Gasteiger charge is 2.06. The van der Waals surface area contributed by atoms with Crippen LogP contribution in [0.2, 0.25) is 5.02 Å². The molecule has 0 amide bonds. The van der Waals surface area contributed by atoms with Crippen molar-refractivity contribution in [1.29, 1.82) is 0 Å². The van der Waals surface area contributed by atoms with Crippen LogP contribution < -0.4 is 0 Å². The van der Waals surface area contributed by atoms with Crippen LogP contribution in [-0.4, -0.2) is 9.55 Å². The minimum absolute atomic E-state index is 0.119. The monoisotopic (exact) mass is 198 g/mol. The van der Waals surface area contributed by atoms with E-state index in [2.05, 4.69) is 4.98 Å². The van der Waals surface area contributed by atoms with Crippen molar-refractivity contribution in [2.24, 2.45) is 0 Å². The molecule has 0 saturated heterocycles. The van der Waals surface area contributed by atoms with Crippen LogP contribution in [0, 0.1) is 5.82 Å². The molecule has 0 radical (unpaired) electrons. The molecule has 0 aliphatic carbocycles. The average Bonchev–Trinajstić information content (AvgIpc) is 2.48. The van der Waals surface area contributed by atoms with Crippen molar-refractivity contribution in [1.82, 2.24) is 9.55 Å². The Morgan fingerprint density at radius 1 is 1.54 bits per heavy atom. The molecule has 1 heterocycles. The third-order valence-corrected chi connectivity index (χ3v) is 2.29. The second-order valence-electron chi connectivity index (χ2n) is 2.79. The van der Waals surface area contributed by atoms with Gasteiger partial charge in [0, 0.05) is 12.6 Å². The number of nitrogens with zero attached hydrogens (tertiary/aromatic N) is 2. The summed E-state index contributed by atoms with van der Waals surface area (Å²) in [7, 11) is 0. The SMILES string of the molecule is CCn1cnc2cc(Cl)c(F)cc21. The molecule has 0 atom stereocenters. The Balaban J connectivity index is 2.77. The van der Waals surface area contributed by atoms with E-state index in [4.69, 9.17) is 11.6 Å². The highest BCUT2D eigenvalue weighted by atomic mass is 35.5. The predicted molar refractivity (Wildman–Crippen MR) is 50.4 cm³/mol. The molecule has 0 aliphatic heterocycles. The Hall–Kier alpha value is -1.09. The number of benzene rings is 1. The van der Waals surface area contributed by atoms with E-state index in [1.807, 2.05) is 11.5 Å². The maximum Gasteiger partial charge on any atom is 0.144 e. The molecule has 0 N–H and O–H groups in total. The first-order valence-corrected chi connectivity index (χ1v) is 4.40. The lowest BCUT2D eigenvalue weighted by molar-refractivity contribution is 0.628. The zero-order valence-corrected chi connectivity index (χ0v) is 7.85. The fraction of sp³-hybridized carbons (Fsp3) is 0.222. The number of fused-ring (bicyclic) bond motifs is 1. The predicted octanol–water partition coefficient (Wildman–Crippen LogP) is 2.85.